The lowest BCUT2D eigenvalue weighted by Crippen LogP contribution is -2.47. The Bertz CT molecular complexity index is 620. The van der Waals surface area contributed by atoms with Crippen molar-refractivity contribution in [2.75, 3.05) is 33.2 Å². The van der Waals surface area contributed by atoms with E-state index in [1.807, 2.05) is 11.0 Å². The first-order valence-electron chi connectivity index (χ1n) is 6.63. The molecule has 0 aliphatic carbocycles. The molecule has 5 heteroatoms. The maximum absolute atomic E-state index is 12.5. The van der Waals surface area contributed by atoms with Crippen LogP contribution >= 0.6 is 11.3 Å². The molecule has 0 atom stereocenters. The van der Waals surface area contributed by atoms with Gasteiger partial charge in [0, 0.05) is 31.1 Å². The van der Waals surface area contributed by atoms with Crippen LogP contribution in [0.5, 0.6) is 0 Å². The third kappa shape index (κ3) is 2.17. The fourth-order valence-electron chi connectivity index (χ4n) is 2.51. The van der Waals surface area contributed by atoms with Gasteiger partial charge in [0.25, 0.3) is 5.91 Å². The summed E-state index contributed by atoms with van der Waals surface area (Å²) >= 11 is 1.75. The number of nitrogens with zero attached hydrogens (tertiary/aromatic N) is 2. The Kier molecular flexibility index (Phi) is 3.11. The molecule has 2 aromatic heterocycles. The van der Waals surface area contributed by atoms with Gasteiger partial charge in [-0.05, 0) is 32.5 Å². The van der Waals surface area contributed by atoms with Crippen molar-refractivity contribution in [3.05, 3.63) is 22.2 Å². The summed E-state index contributed by atoms with van der Waals surface area (Å²) in [6.07, 6.45) is 0. The van der Waals surface area contributed by atoms with Crippen molar-refractivity contribution in [2.45, 2.75) is 13.8 Å². The highest BCUT2D eigenvalue weighted by Gasteiger charge is 2.22. The standard InChI is InChI=1S/C14H19N3OS/c1-9-10(2)19-12-8-11(15-13(9)12)14(18)17-6-4-16(3)5-7-17/h8,15H,4-7H2,1-3H3. The van der Waals surface area contributed by atoms with Gasteiger partial charge < -0.3 is 14.8 Å². The highest BCUT2D eigenvalue weighted by atomic mass is 32.1. The first kappa shape index (κ1) is 12.7. The zero-order chi connectivity index (χ0) is 13.6. The van der Waals surface area contributed by atoms with Gasteiger partial charge in [0.1, 0.15) is 5.69 Å². The van der Waals surface area contributed by atoms with Crippen LogP contribution in [-0.4, -0.2) is 53.9 Å². The van der Waals surface area contributed by atoms with Gasteiger partial charge in [-0.2, -0.15) is 0 Å². The van der Waals surface area contributed by atoms with E-state index in [1.165, 1.54) is 15.1 Å². The fourth-order valence-corrected chi connectivity index (χ4v) is 3.58. The molecule has 1 amide bonds. The fraction of sp³-hybridized carbons (Fsp3) is 0.500. The number of carbonyl (C=O) groups is 1. The summed E-state index contributed by atoms with van der Waals surface area (Å²) in [5.41, 5.74) is 3.12. The van der Waals surface area contributed by atoms with Gasteiger partial charge in [-0.3, -0.25) is 4.79 Å². The van der Waals surface area contributed by atoms with Crippen LogP contribution in [0.3, 0.4) is 0 Å². The predicted octanol–water partition coefficient (Wildman–Crippen LogP) is 2.23. The molecular formula is C14H19N3OS. The molecule has 1 fully saturated rings. The molecule has 0 radical (unpaired) electrons. The van der Waals surface area contributed by atoms with Gasteiger partial charge in [0.05, 0.1) is 10.2 Å². The Morgan fingerprint density at radius 1 is 1.26 bits per heavy atom. The zero-order valence-electron chi connectivity index (χ0n) is 11.6. The minimum atomic E-state index is 0.133. The summed E-state index contributed by atoms with van der Waals surface area (Å²) < 4.78 is 1.19. The summed E-state index contributed by atoms with van der Waals surface area (Å²) in [7, 11) is 2.10. The normalized spacial score (nSPS) is 17.3. The molecule has 4 nitrogen and oxygen atoms in total. The van der Waals surface area contributed by atoms with Crippen molar-refractivity contribution in [3.63, 3.8) is 0 Å². The summed E-state index contributed by atoms with van der Waals surface area (Å²) in [5.74, 6) is 0.133. The first-order chi connectivity index (χ1) is 9.06. The number of thiophene rings is 1. The average Bonchev–Trinajstić information content (AvgIpc) is 2.91. The SMILES string of the molecule is Cc1sc2cc(C(=O)N3CCN(C)CC3)[nH]c2c1C. The van der Waals surface area contributed by atoms with Crippen LogP contribution in [0.15, 0.2) is 6.07 Å². The van der Waals surface area contributed by atoms with Crippen LogP contribution in [0.4, 0.5) is 0 Å². The van der Waals surface area contributed by atoms with Crippen LogP contribution < -0.4 is 0 Å². The van der Waals surface area contributed by atoms with Gasteiger partial charge in [0.15, 0.2) is 0 Å². The first-order valence-corrected chi connectivity index (χ1v) is 7.44. The predicted molar refractivity (Wildman–Crippen MR) is 79.1 cm³/mol. The second kappa shape index (κ2) is 4.65. The van der Waals surface area contributed by atoms with Crippen molar-refractivity contribution < 1.29 is 4.79 Å². The molecule has 102 valence electrons. The molecule has 3 rings (SSSR count). The smallest absolute Gasteiger partial charge is 0.270 e. The van der Waals surface area contributed by atoms with Gasteiger partial charge in [-0.15, -0.1) is 11.3 Å². The number of nitrogens with one attached hydrogen (secondary N) is 1. The Balaban J connectivity index is 1.85. The number of fused-ring (bicyclic) bond motifs is 1. The second-order valence-electron chi connectivity index (χ2n) is 5.30. The summed E-state index contributed by atoms with van der Waals surface area (Å²) in [6.45, 7) is 7.78. The number of hydrogen-bond donors (Lipinski definition) is 1. The van der Waals surface area contributed by atoms with E-state index in [-0.39, 0.29) is 5.91 Å². The molecule has 0 saturated carbocycles. The average molecular weight is 277 g/mol. The zero-order valence-corrected chi connectivity index (χ0v) is 12.4. The molecule has 19 heavy (non-hydrogen) atoms. The molecule has 1 N–H and O–H groups in total. The largest absolute Gasteiger partial charge is 0.350 e. The van der Waals surface area contributed by atoms with Gasteiger partial charge >= 0.3 is 0 Å². The number of aryl methyl sites for hydroxylation is 2. The molecular weight excluding hydrogens is 258 g/mol. The van der Waals surface area contributed by atoms with E-state index in [2.05, 4.69) is 30.8 Å². The van der Waals surface area contributed by atoms with Crippen molar-refractivity contribution in [1.82, 2.24) is 14.8 Å². The molecule has 2 aromatic rings. The van der Waals surface area contributed by atoms with Crippen molar-refractivity contribution >= 4 is 27.5 Å². The molecule has 1 aliphatic heterocycles. The molecule has 1 saturated heterocycles. The van der Waals surface area contributed by atoms with Crippen molar-refractivity contribution in [2.24, 2.45) is 0 Å². The number of aromatic nitrogens is 1. The number of amides is 1. The van der Waals surface area contributed by atoms with Gasteiger partial charge in [-0.1, -0.05) is 0 Å². The molecule has 0 spiro atoms. The lowest BCUT2D eigenvalue weighted by atomic mass is 10.3. The van der Waals surface area contributed by atoms with Gasteiger partial charge in [0.2, 0.25) is 0 Å². The van der Waals surface area contributed by atoms with Crippen molar-refractivity contribution in [1.29, 1.82) is 0 Å². The van der Waals surface area contributed by atoms with E-state index < -0.39 is 0 Å². The van der Waals surface area contributed by atoms with Crippen LogP contribution in [-0.2, 0) is 0 Å². The highest BCUT2D eigenvalue weighted by molar-refractivity contribution is 7.19. The monoisotopic (exact) mass is 277 g/mol. The molecule has 3 heterocycles. The maximum Gasteiger partial charge on any atom is 0.270 e. The van der Waals surface area contributed by atoms with E-state index in [0.29, 0.717) is 0 Å². The van der Waals surface area contributed by atoms with Crippen LogP contribution in [0.2, 0.25) is 0 Å². The number of carbonyl (C=O) groups excluding carboxylic acids is 1. The number of H-pyrrole nitrogens is 1. The summed E-state index contributed by atoms with van der Waals surface area (Å²) in [4.78, 5) is 21.3. The number of piperazine rings is 1. The maximum atomic E-state index is 12.5. The van der Waals surface area contributed by atoms with E-state index in [9.17, 15) is 4.79 Å². The minimum absolute atomic E-state index is 0.133. The van der Waals surface area contributed by atoms with E-state index in [1.54, 1.807) is 11.3 Å². The van der Waals surface area contributed by atoms with E-state index in [4.69, 9.17) is 0 Å². The molecule has 0 bridgehead atoms. The Morgan fingerprint density at radius 3 is 2.58 bits per heavy atom. The summed E-state index contributed by atoms with van der Waals surface area (Å²) in [5, 5.41) is 0. The highest BCUT2D eigenvalue weighted by Crippen LogP contribution is 2.30. The van der Waals surface area contributed by atoms with Crippen LogP contribution in [0.1, 0.15) is 20.9 Å². The molecule has 1 aliphatic rings. The summed E-state index contributed by atoms with van der Waals surface area (Å²) in [6, 6.07) is 2.00. The van der Waals surface area contributed by atoms with Gasteiger partial charge in [-0.25, -0.2) is 0 Å². The third-order valence-corrected chi connectivity index (χ3v) is 5.12. The lowest BCUT2D eigenvalue weighted by Gasteiger charge is -2.32. The number of hydrogen-bond acceptors (Lipinski definition) is 3. The number of likely N-dealkylation sites (N-methyl/N-ethyl adjacent to an activating group) is 1. The quantitative estimate of drug-likeness (QED) is 0.868. The third-order valence-electron chi connectivity index (χ3n) is 3.97. The van der Waals surface area contributed by atoms with E-state index >= 15 is 0 Å². The van der Waals surface area contributed by atoms with Crippen molar-refractivity contribution in [3.8, 4) is 0 Å². The van der Waals surface area contributed by atoms with Crippen LogP contribution in [0, 0.1) is 13.8 Å². The minimum Gasteiger partial charge on any atom is -0.350 e. The topological polar surface area (TPSA) is 39.3 Å². The molecule has 0 unspecified atom stereocenters. The Morgan fingerprint density at radius 2 is 1.95 bits per heavy atom. The van der Waals surface area contributed by atoms with Crippen LogP contribution in [0.25, 0.3) is 10.2 Å². The van der Waals surface area contributed by atoms with E-state index in [0.717, 1.165) is 37.4 Å². The lowest BCUT2D eigenvalue weighted by molar-refractivity contribution is 0.0659. The number of rotatable bonds is 1. The Hall–Kier alpha value is -1.33. The molecule has 0 aromatic carbocycles. The Labute approximate surface area is 117 Å². The number of aromatic amines is 1. The second-order valence-corrected chi connectivity index (χ2v) is 6.56.